The SMILES string of the molecule is CC1CC=C2C(CCC3CCCC[C@@]23C)C1. The van der Waals surface area contributed by atoms with Crippen molar-refractivity contribution in [2.24, 2.45) is 23.2 Å². The average molecular weight is 218 g/mol. The Balaban J connectivity index is 1.91. The maximum atomic E-state index is 2.65. The van der Waals surface area contributed by atoms with Crippen molar-refractivity contribution in [1.82, 2.24) is 0 Å². The molecule has 0 nitrogen and oxygen atoms in total. The number of fused-ring (bicyclic) bond motifs is 3. The molecule has 0 amide bonds. The summed E-state index contributed by atoms with van der Waals surface area (Å²) in [5, 5.41) is 0. The highest BCUT2D eigenvalue weighted by atomic mass is 14.5. The van der Waals surface area contributed by atoms with E-state index in [0.717, 1.165) is 17.8 Å². The Hall–Kier alpha value is -0.260. The molecule has 0 aliphatic heterocycles. The molecule has 0 heteroatoms. The molecule has 3 aliphatic carbocycles. The Bertz CT molecular complexity index is 301. The minimum absolute atomic E-state index is 0.612. The van der Waals surface area contributed by atoms with Crippen molar-refractivity contribution in [2.45, 2.75) is 65.2 Å². The second-order valence-electron chi connectivity index (χ2n) is 6.87. The molecule has 3 rings (SSSR count). The van der Waals surface area contributed by atoms with Gasteiger partial charge in [-0.3, -0.25) is 0 Å². The maximum absolute atomic E-state index is 2.65. The van der Waals surface area contributed by atoms with Gasteiger partial charge >= 0.3 is 0 Å². The van der Waals surface area contributed by atoms with Crippen molar-refractivity contribution in [3.63, 3.8) is 0 Å². The van der Waals surface area contributed by atoms with E-state index in [1.165, 1.54) is 51.4 Å². The zero-order valence-electron chi connectivity index (χ0n) is 11.0. The van der Waals surface area contributed by atoms with Crippen LogP contribution in [-0.2, 0) is 0 Å². The zero-order chi connectivity index (χ0) is 11.2. The summed E-state index contributed by atoms with van der Waals surface area (Å²) >= 11 is 0. The lowest BCUT2D eigenvalue weighted by molar-refractivity contribution is 0.0859. The molecule has 4 atom stereocenters. The van der Waals surface area contributed by atoms with Gasteiger partial charge in [0.1, 0.15) is 0 Å². The molecule has 0 bridgehead atoms. The lowest BCUT2D eigenvalue weighted by Crippen LogP contribution is -2.41. The van der Waals surface area contributed by atoms with Crippen LogP contribution in [0.15, 0.2) is 11.6 Å². The highest BCUT2D eigenvalue weighted by Crippen LogP contribution is 2.57. The van der Waals surface area contributed by atoms with Crippen LogP contribution >= 0.6 is 0 Å². The molecule has 0 aromatic heterocycles. The minimum Gasteiger partial charge on any atom is -0.0842 e. The van der Waals surface area contributed by atoms with E-state index >= 15 is 0 Å². The third kappa shape index (κ3) is 1.57. The molecule has 0 aromatic carbocycles. The van der Waals surface area contributed by atoms with Gasteiger partial charge in [0, 0.05) is 0 Å². The zero-order valence-corrected chi connectivity index (χ0v) is 11.0. The molecule has 3 unspecified atom stereocenters. The first kappa shape index (κ1) is 10.9. The van der Waals surface area contributed by atoms with Gasteiger partial charge in [-0.15, -0.1) is 0 Å². The molecule has 3 aliphatic rings. The van der Waals surface area contributed by atoms with E-state index in [4.69, 9.17) is 0 Å². The largest absolute Gasteiger partial charge is 0.0842 e. The lowest BCUT2D eigenvalue weighted by Gasteiger charge is -2.52. The molecular formula is C16H26. The number of hydrogen-bond donors (Lipinski definition) is 0. The van der Waals surface area contributed by atoms with Crippen molar-refractivity contribution >= 4 is 0 Å². The van der Waals surface area contributed by atoms with Crippen LogP contribution in [0.25, 0.3) is 0 Å². The fraction of sp³-hybridized carbons (Fsp3) is 0.875. The predicted octanol–water partition coefficient (Wildman–Crippen LogP) is 4.95. The van der Waals surface area contributed by atoms with E-state index in [0.29, 0.717) is 5.41 Å². The Morgan fingerprint density at radius 1 is 1.19 bits per heavy atom. The molecule has 90 valence electrons. The van der Waals surface area contributed by atoms with Crippen LogP contribution < -0.4 is 0 Å². The van der Waals surface area contributed by atoms with Gasteiger partial charge in [-0.2, -0.15) is 0 Å². The van der Waals surface area contributed by atoms with Gasteiger partial charge in [-0.05, 0) is 61.7 Å². The molecule has 2 fully saturated rings. The molecule has 0 aromatic rings. The smallest absolute Gasteiger partial charge is 0.00854 e. The third-order valence-electron chi connectivity index (χ3n) is 5.79. The summed E-state index contributed by atoms with van der Waals surface area (Å²) in [6, 6.07) is 0. The van der Waals surface area contributed by atoms with Crippen LogP contribution in [0.4, 0.5) is 0 Å². The van der Waals surface area contributed by atoms with Gasteiger partial charge in [0.25, 0.3) is 0 Å². The number of rotatable bonds is 0. The summed E-state index contributed by atoms with van der Waals surface area (Å²) in [6.45, 7) is 5.02. The summed E-state index contributed by atoms with van der Waals surface area (Å²) in [7, 11) is 0. The Kier molecular flexibility index (Phi) is 2.64. The van der Waals surface area contributed by atoms with E-state index in [9.17, 15) is 0 Å². The number of hydrogen-bond acceptors (Lipinski definition) is 0. The molecule has 0 radical (unpaired) electrons. The van der Waals surface area contributed by atoms with Crippen molar-refractivity contribution < 1.29 is 0 Å². The van der Waals surface area contributed by atoms with Crippen LogP contribution in [0.5, 0.6) is 0 Å². The van der Waals surface area contributed by atoms with E-state index in [1.54, 1.807) is 0 Å². The van der Waals surface area contributed by atoms with E-state index in [-0.39, 0.29) is 0 Å². The maximum Gasteiger partial charge on any atom is -0.00854 e. The topological polar surface area (TPSA) is 0 Å². The van der Waals surface area contributed by atoms with Crippen molar-refractivity contribution in [2.75, 3.05) is 0 Å². The fourth-order valence-electron chi connectivity index (χ4n) is 4.83. The molecule has 0 saturated heterocycles. The fourth-order valence-corrected chi connectivity index (χ4v) is 4.83. The Morgan fingerprint density at radius 3 is 2.94 bits per heavy atom. The van der Waals surface area contributed by atoms with E-state index in [2.05, 4.69) is 19.9 Å². The molecule has 0 heterocycles. The quantitative estimate of drug-likeness (QED) is 0.505. The first-order chi connectivity index (χ1) is 7.70. The second kappa shape index (κ2) is 3.89. The first-order valence-electron chi connectivity index (χ1n) is 7.40. The molecule has 0 N–H and O–H groups in total. The first-order valence-corrected chi connectivity index (χ1v) is 7.40. The van der Waals surface area contributed by atoms with Crippen LogP contribution in [0.3, 0.4) is 0 Å². The summed E-state index contributed by atoms with van der Waals surface area (Å²) in [6.07, 6.45) is 14.5. The average Bonchev–Trinajstić information content (AvgIpc) is 2.28. The highest BCUT2D eigenvalue weighted by molar-refractivity contribution is 5.24. The van der Waals surface area contributed by atoms with E-state index in [1.807, 2.05) is 5.57 Å². The minimum atomic E-state index is 0.612. The van der Waals surface area contributed by atoms with E-state index < -0.39 is 0 Å². The van der Waals surface area contributed by atoms with Gasteiger partial charge in [-0.1, -0.05) is 38.3 Å². The monoisotopic (exact) mass is 218 g/mol. The van der Waals surface area contributed by atoms with Crippen LogP contribution in [0.1, 0.15) is 65.2 Å². The normalized spacial score (nSPS) is 47.9. The highest BCUT2D eigenvalue weighted by Gasteiger charge is 2.45. The van der Waals surface area contributed by atoms with Gasteiger partial charge in [0.15, 0.2) is 0 Å². The Morgan fingerprint density at radius 2 is 2.06 bits per heavy atom. The van der Waals surface area contributed by atoms with Crippen molar-refractivity contribution in [3.05, 3.63) is 11.6 Å². The van der Waals surface area contributed by atoms with Crippen LogP contribution in [0, 0.1) is 23.2 Å². The molecular weight excluding hydrogens is 192 g/mol. The van der Waals surface area contributed by atoms with Crippen molar-refractivity contribution in [1.29, 1.82) is 0 Å². The summed E-state index contributed by atoms with van der Waals surface area (Å²) < 4.78 is 0. The number of allylic oxidation sites excluding steroid dienone is 2. The summed E-state index contributed by atoms with van der Waals surface area (Å²) in [4.78, 5) is 0. The molecule has 2 saturated carbocycles. The Labute approximate surface area is 101 Å². The van der Waals surface area contributed by atoms with Gasteiger partial charge < -0.3 is 0 Å². The van der Waals surface area contributed by atoms with Crippen molar-refractivity contribution in [3.8, 4) is 0 Å². The predicted molar refractivity (Wildman–Crippen MR) is 69.3 cm³/mol. The second-order valence-corrected chi connectivity index (χ2v) is 6.87. The van der Waals surface area contributed by atoms with Crippen LogP contribution in [0.2, 0.25) is 0 Å². The standard InChI is InChI=1S/C16H26/c1-12-6-9-15-13(11-12)7-8-14-5-3-4-10-16(14,15)2/h9,12-14H,3-8,10-11H2,1-2H3/t12?,13?,14?,16-/m1/s1. The molecule has 0 spiro atoms. The molecule has 16 heavy (non-hydrogen) atoms. The van der Waals surface area contributed by atoms with Gasteiger partial charge in [0.2, 0.25) is 0 Å². The van der Waals surface area contributed by atoms with Gasteiger partial charge in [0.05, 0.1) is 0 Å². The van der Waals surface area contributed by atoms with Crippen LogP contribution in [-0.4, -0.2) is 0 Å². The third-order valence-corrected chi connectivity index (χ3v) is 5.79. The lowest BCUT2D eigenvalue weighted by atomic mass is 9.53. The van der Waals surface area contributed by atoms with Gasteiger partial charge in [-0.25, -0.2) is 0 Å². The summed E-state index contributed by atoms with van der Waals surface area (Å²) in [5.74, 6) is 2.93. The summed E-state index contributed by atoms with van der Waals surface area (Å²) in [5.41, 5.74) is 2.50.